The molecule has 13 heavy (non-hydrogen) atoms. The highest BCUT2D eigenvalue weighted by atomic mass is 35.5. The summed E-state index contributed by atoms with van der Waals surface area (Å²) in [5.41, 5.74) is 0. The van der Waals surface area contributed by atoms with Crippen molar-refractivity contribution in [1.29, 1.82) is 0 Å². The van der Waals surface area contributed by atoms with E-state index in [9.17, 15) is 0 Å². The molecule has 0 bridgehead atoms. The Balaban J connectivity index is 2.91. The second-order valence-corrected chi connectivity index (χ2v) is 3.61. The van der Waals surface area contributed by atoms with E-state index < -0.39 is 0 Å². The second kappa shape index (κ2) is 12.0. The number of allylic oxidation sites excluding steroid dienone is 2. The van der Waals surface area contributed by atoms with Crippen molar-refractivity contribution in [2.24, 2.45) is 0 Å². The standard InChI is InChI=1S/C11H21ClO/c12-10-8-6-4-2-1-3-5-7-9-11-13/h4,6,13H,1-3,5,7-11H2/b6-4+. The molecule has 0 unspecified atom stereocenters. The van der Waals surface area contributed by atoms with Gasteiger partial charge in [0.1, 0.15) is 0 Å². The van der Waals surface area contributed by atoms with Gasteiger partial charge in [0.05, 0.1) is 0 Å². The number of aliphatic hydroxyl groups is 1. The van der Waals surface area contributed by atoms with Crippen molar-refractivity contribution in [3.05, 3.63) is 12.2 Å². The number of hydrogen-bond donors (Lipinski definition) is 1. The van der Waals surface area contributed by atoms with E-state index in [1.165, 1.54) is 32.1 Å². The molecule has 0 aromatic carbocycles. The summed E-state index contributed by atoms with van der Waals surface area (Å²) >= 11 is 5.52. The lowest BCUT2D eigenvalue weighted by atomic mass is 10.1. The number of alkyl halides is 1. The number of hydrogen-bond acceptors (Lipinski definition) is 1. The fraction of sp³-hybridized carbons (Fsp3) is 0.818. The largest absolute Gasteiger partial charge is 0.396 e. The van der Waals surface area contributed by atoms with E-state index >= 15 is 0 Å². The molecule has 0 amide bonds. The lowest BCUT2D eigenvalue weighted by Crippen LogP contribution is -1.83. The molecule has 0 saturated carbocycles. The van der Waals surface area contributed by atoms with Crippen LogP contribution in [0.4, 0.5) is 0 Å². The molecule has 0 spiro atoms. The van der Waals surface area contributed by atoms with Gasteiger partial charge in [-0.05, 0) is 25.7 Å². The van der Waals surface area contributed by atoms with E-state index in [4.69, 9.17) is 16.7 Å². The molecule has 0 fully saturated rings. The summed E-state index contributed by atoms with van der Waals surface area (Å²) in [7, 11) is 0. The van der Waals surface area contributed by atoms with Crippen LogP contribution in [0.3, 0.4) is 0 Å². The molecule has 0 heterocycles. The summed E-state index contributed by atoms with van der Waals surface area (Å²) in [6, 6.07) is 0. The first kappa shape index (κ1) is 13.0. The van der Waals surface area contributed by atoms with Crippen molar-refractivity contribution < 1.29 is 5.11 Å². The smallest absolute Gasteiger partial charge is 0.0431 e. The van der Waals surface area contributed by atoms with Crippen molar-refractivity contribution in [3.8, 4) is 0 Å². The number of halogens is 1. The maximum atomic E-state index is 8.54. The molecule has 0 aliphatic heterocycles. The number of unbranched alkanes of at least 4 members (excludes halogenated alkanes) is 5. The molecule has 0 radical (unpaired) electrons. The molecule has 0 aromatic rings. The summed E-state index contributed by atoms with van der Waals surface area (Å²) in [5, 5.41) is 8.54. The van der Waals surface area contributed by atoms with E-state index in [1.54, 1.807) is 0 Å². The average Bonchev–Trinajstić information content (AvgIpc) is 2.16. The quantitative estimate of drug-likeness (QED) is 0.346. The van der Waals surface area contributed by atoms with Gasteiger partial charge in [-0.1, -0.05) is 31.4 Å². The third-order valence-corrected chi connectivity index (χ3v) is 2.19. The first-order valence-electron chi connectivity index (χ1n) is 5.23. The summed E-state index contributed by atoms with van der Waals surface area (Å²) in [5.74, 6) is 0.729. The third-order valence-electron chi connectivity index (χ3n) is 1.97. The summed E-state index contributed by atoms with van der Waals surface area (Å²) in [6.07, 6.45) is 12.5. The van der Waals surface area contributed by atoms with Gasteiger partial charge in [0.15, 0.2) is 0 Å². The van der Waals surface area contributed by atoms with Crippen LogP contribution in [0.25, 0.3) is 0 Å². The molecule has 0 saturated heterocycles. The Morgan fingerprint density at radius 3 is 2.15 bits per heavy atom. The molecular formula is C11H21ClO. The van der Waals surface area contributed by atoms with Crippen LogP contribution in [-0.4, -0.2) is 17.6 Å². The minimum atomic E-state index is 0.343. The zero-order valence-electron chi connectivity index (χ0n) is 8.34. The molecule has 1 nitrogen and oxygen atoms in total. The molecule has 78 valence electrons. The summed E-state index contributed by atoms with van der Waals surface area (Å²) < 4.78 is 0. The van der Waals surface area contributed by atoms with Gasteiger partial charge < -0.3 is 5.11 Å². The van der Waals surface area contributed by atoms with E-state index in [2.05, 4.69) is 12.2 Å². The van der Waals surface area contributed by atoms with Crippen LogP contribution in [0.1, 0.15) is 44.9 Å². The summed E-state index contributed by atoms with van der Waals surface area (Å²) in [6.45, 7) is 0.343. The predicted molar refractivity (Wildman–Crippen MR) is 59.3 cm³/mol. The summed E-state index contributed by atoms with van der Waals surface area (Å²) in [4.78, 5) is 0. The molecule has 2 heteroatoms. The topological polar surface area (TPSA) is 20.2 Å². The van der Waals surface area contributed by atoms with Crippen LogP contribution < -0.4 is 0 Å². The number of aliphatic hydroxyl groups excluding tert-OH is 1. The molecule has 0 aliphatic rings. The molecular weight excluding hydrogens is 184 g/mol. The Morgan fingerprint density at radius 2 is 1.46 bits per heavy atom. The maximum absolute atomic E-state index is 8.54. The van der Waals surface area contributed by atoms with Crippen LogP contribution in [-0.2, 0) is 0 Å². The van der Waals surface area contributed by atoms with Gasteiger partial charge in [-0.3, -0.25) is 0 Å². The van der Waals surface area contributed by atoms with Crippen molar-refractivity contribution in [2.75, 3.05) is 12.5 Å². The normalized spacial score (nSPS) is 11.2. The Bertz CT molecular complexity index is 113. The van der Waals surface area contributed by atoms with E-state index in [1.807, 2.05) is 0 Å². The van der Waals surface area contributed by atoms with Gasteiger partial charge in [-0.15, -0.1) is 11.6 Å². The fourth-order valence-corrected chi connectivity index (χ4v) is 1.33. The molecule has 0 atom stereocenters. The van der Waals surface area contributed by atoms with Gasteiger partial charge >= 0.3 is 0 Å². The minimum Gasteiger partial charge on any atom is -0.396 e. The van der Waals surface area contributed by atoms with Gasteiger partial charge in [-0.25, -0.2) is 0 Å². The third kappa shape index (κ3) is 12.0. The van der Waals surface area contributed by atoms with Crippen LogP contribution in [0.2, 0.25) is 0 Å². The van der Waals surface area contributed by atoms with Crippen molar-refractivity contribution in [3.63, 3.8) is 0 Å². The molecule has 0 rings (SSSR count). The Morgan fingerprint density at radius 1 is 0.846 bits per heavy atom. The fourth-order valence-electron chi connectivity index (χ4n) is 1.20. The Hall–Kier alpha value is -0.0100. The highest BCUT2D eigenvalue weighted by Crippen LogP contribution is 2.05. The highest BCUT2D eigenvalue weighted by Gasteiger charge is 1.87. The zero-order chi connectivity index (χ0) is 9.78. The molecule has 1 N–H and O–H groups in total. The first-order valence-corrected chi connectivity index (χ1v) is 5.77. The van der Waals surface area contributed by atoms with Gasteiger partial charge in [0, 0.05) is 12.5 Å². The highest BCUT2D eigenvalue weighted by molar-refractivity contribution is 6.17. The Labute approximate surface area is 86.8 Å². The van der Waals surface area contributed by atoms with Gasteiger partial charge in [0.25, 0.3) is 0 Å². The molecule has 0 aliphatic carbocycles. The van der Waals surface area contributed by atoms with Crippen LogP contribution in [0, 0.1) is 0 Å². The zero-order valence-corrected chi connectivity index (χ0v) is 9.10. The second-order valence-electron chi connectivity index (χ2n) is 3.23. The van der Waals surface area contributed by atoms with Gasteiger partial charge in [-0.2, -0.15) is 0 Å². The number of rotatable bonds is 9. The lowest BCUT2D eigenvalue weighted by Gasteiger charge is -1.97. The van der Waals surface area contributed by atoms with Crippen molar-refractivity contribution >= 4 is 11.6 Å². The van der Waals surface area contributed by atoms with E-state index in [0.717, 1.165) is 18.7 Å². The van der Waals surface area contributed by atoms with Crippen LogP contribution >= 0.6 is 11.6 Å². The van der Waals surface area contributed by atoms with Gasteiger partial charge in [0.2, 0.25) is 0 Å². The lowest BCUT2D eigenvalue weighted by molar-refractivity contribution is 0.282. The predicted octanol–water partition coefficient (Wildman–Crippen LogP) is 3.50. The molecule has 0 aromatic heterocycles. The maximum Gasteiger partial charge on any atom is 0.0431 e. The van der Waals surface area contributed by atoms with E-state index in [-0.39, 0.29) is 0 Å². The first-order chi connectivity index (χ1) is 6.41. The van der Waals surface area contributed by atoms with Crippen molar-refractivity contribution in [2.45, 2.75) is 44.9 Å². The van der Waals surface area contributed by atoms with E-state index in [0.29, 0.717) is 6.61 Å². The van der Waals surface area contributed by atoms with Crippen LogP contribution in [0.5, 0.6) is 0 Å². The monoisotopic (exact) mass is 204 g/mol. The minimum absolute atomic E-state index is 0.343. The van der Waals surface area contributed by atoms with Crippen LogP contribution in [0.15, 0.2) is 12.2 Å². The van der Waals surface area contributed by atoms with Crippen molar-refractivity contribution in [1.82, 2.24) is 0 Å². The SMILES string of the molecule is OCCCCCCC/C=C/CCCl. The Kier molecular flexibility index (Phi) is 12.0. The average molecular weight is 205 g/mol.